The highest BCUT2D eigenvalue weighted by atomic mass is 35.5. The molecule has 2 saturated heterocycles. The number of hydrazine groups is 1. The molecule has 1 N–H and O–H groups in total. The largest absolute Gasteiger partial charge is 0.457 e. The molecule has 2 aromatic carbocycles. The SMILES string of the molecule is N#Cc1ccc(Oc2cc(Cl)c(C[C@@H]3CCN(N4CCC(O)CC4)C3=O)c(Cl)c2)cc1. The van der Waals surface area contributed by atoms with E-state index < -0.39 is 0 Å². The Morgan fingerprint density at radius 3 is 2.29 bits per heavy atom. The Bertz CT molecular complexity index is 975. The normalized spacial score (nSPS) is 20.1. The highest BCUT2D eigenvalue weighted by Gasteiger charge is 2.37. The lowest BCUT2D eigenvalue weighted by molar-refractivity contribution is -0.149. The van der Waals surface area contributed by atoms with E-state index in [9.17, 15) is 9.90 Å². The number of ether oxygens (including phenoxy) is 1. The van der Waals surface area contributed by atoms with Crippen molar-refractivity contribution in [2.45, 2.75) is 31.8 Å². The molecule has 1 amide bonds. The van der Waals surface area contributed by atoms with E-state index in [1.54, 1.807) is 36.4 Å². The first kappa shape index (κ1) is 21.9. The van der Waals surface area contributed by atoms with Gasteiger partial charge < -0.3 is 9.84 Å². The summed E-state index contributed by atoms with van der Waals surface area (Å²) in [6.07, 6.45) is 2.32. The van der Waals surface area contributed by atoms with Crippen molar-refractivity contribution in [2.75, 3.05) is 19.6 Å². The number of carbonyl (C=O) groups excluding carboxylic acids is 1. The third-order valence-corrected chi connectivity index (χ3v) is 6.53. The van der Waals surface area contributed by atoms with Gasteiger partial charge in [0.15, 0.2) is 0 Å². The van der Waals surface area contributed by atoms with Crippen LogP contribution >= 0.6 is 23.2 Å². The standard InChI is InChI=1S/C23H23Cl2N3O3/c24-21-12-19(31-18-3-1-15(14-26)2-4-18)13-22(25)20(21)11-16-5-10-28(23(16)30)27-8-6-17(29)7-9-27/h1-4,12-13,16-17,29H,5-11H2/t16-/m0/s1. The minimum absolute atomic E-state index is 0.0847. The molecule has 8 heteroatoms. The molecule has 2 aliphatic rings. The highest BCUT2D eigenvalue weighted by Crippen LogP contribution is 2.36. The number of hydrogen-bond acceptors (Lipinski definition) is 5. The number of carbonyl (C=O) groups is 1. The van der Waals surface area contributed by atoms with Gasteiger partial charge in [-0.05, 0) is 67.6 Å². The first-order valence-corrected chi connectivity index (χ1v) is 11.1. The van der Waals surface area contributed by atoms with Crippen LogP contribution in [0.25, 0.3) is 0 Å². The molecule has 0 bridgehead atoms. The first-order chi connectivity index (χ1) is 14.9. The van der Waals surface area contributed by atoms with Gasteiger partial charge in [-0.15, -0.1) is 0 Å². The van der Waals surface area contributed by atoms with Gasteiger partial charge in [0.2, 0.25) is 5.91 Å². The smallest absolute Gasteiger partial charge is 0.240 e. The molecule has 0 aliphatic carbocycles. The minimum atomic E-state index is -0.271. The first-order valence-electron chi connectivity index (χ1n) is 10.3. The quantitative estimate of drug-likeness (QED) is 0.715. The van der Waals surface area contributed by atoms with E-state index in [-0.39, 0.29) is 17.9 Å². The van der Waals surface area contributed by atoms with Gasteiger partial charge in [-0.2, -0.15) is 5.26 Å². The highest BCUT2D eigenvalue weighted by molar-refractivity contribution is 6.36. The fourth-order valence-corrected chi connectivity index (χ4v) is 4.72. The fraction of sp³-hybridized carbons (Fsp3) is 0.391. The summed E-state index contributed by atoms with van der Waals surface area (Å²) in [5, 5.41) is 23.4. The van der Waals surface area contributed by atoms with Gasteiger partial charge in [0.05, 0.1) is 17.7 Å². The Morgan fingerprint density at radius 1 is 1.03 bits per heavy atom. The lowest BCUT2D eigenvalue weighted by atomic mass is 9.98. The second-order valence-corrected chi connectivity index (χ2v) is 8.75. The summed E-state index contributed by atoms with van der Waals surface area (Å²) in [6, 6.07) is 12.2. The molecule has 0 saturated carbocycles. The molecule has 2 heterocycles. The zero-order valence-corrected chi connectivity index (χ0v) is 18.4. The van der Waals surface area contributed by atoms with Crippen molar-refractivity contribution in [3.8, 4) is 17.6 Å². The van der Waals surface area contributed by atoms with E-state index in [4.69, 9.17) is 33.2 Å². The van der Waals surface area contributed by atoms with Crippen molar-refractivity contribution in [3.05, 3.63) is 57.6 Å². The van der Waals surface area contributed by atoms with Crippen LogP contribution in [0.3, 0.4) is 0 Å². The molecule has 2 aliphatic heterocycles. The van der Waals surface area contributed by atoms with Crippen LogP contribution in [-0.2, 0) is 11.2 Å². The van der Waals surface area contributed by atoms with Crippen molar-refractivity contribution in [2.24, 2.45) is 5.92 Å². The number of aliphatic hydroxyl groups is 1. The van der Waals surface area contributed by atoms with Crippen LogP contribution in [-0.4, -0.2) is 46.8 Å². The van der Waals surface area contributed by atoms with E-state index in [2.05, 4.69) is 6.07 Å². The maximum Gasteiger partial charge on any atom is 0.240 e. The van der Waals surface area contributed by atoms with Crippen LogP contribution in [0, 0.1) is 17.2 Å². The fourth-order valence-electron chi connectivity index (χ4n) is 4.10. The molecule has 6 nitrogen and oxygen atoms in total. The molecule has 31 heavy (non-hydrogen) atoms. The second kappa shape index (κ2) is 9.46. The minimum Gasteiger partial charge on any atom is -0.457 e. The summed E-state index contributed by atoms with van der Waals surface area (Å²) in [6.45, 7) is 2.07. The molecule has 162 valence electrons. The monoisotopic (exact) mass is 459 g/mol. The van der Waals surface area contributed by atoms with Crippen molar-refractivity contribution in [1.29, 1.82) is 5.26 Å². The summed E-state index contributed by atoms with van der Waals surface area (Å²) < 4.78 is 5.81. The maximum atomic E-state index is 13.0. The van der Waals surface area contributed by atoms with Crippen LogP contribution in [0.5, 0.6) is 11.5 Å². The van der Waals surface area contributed by atoms with E-state index in [1.165, 1.54) is 0 Å². The number of piperidine rings is 1. The molecular formula is C23H23Cl2N3O3. The Morgan fingerprint density at radius 2 is 1.68 bits per heavy atom. The van der Waals surface area contributed by atoms with Crippen LogP contribution in [0.2, 0.25) is 10.0 Å². The summed E-state index contributed by atoms with van der Waals surface area (Å²) in [5.41, 5.74) is 1.29. The molecule has 0 aromatic heterocycles. The molecule has 0 radical (unpaired) electrons. The maximum absolute atomic E-state index is 13.0. The molecule has 4 rings (SSSR count). The predicted molar refractivity (Wildman–Crippen MR) is 118 cm³/mol. The van der Waals surface area contributed by atoms with E-state index >= 15 is 0 Å². The molecular weight excluding hydrogens is 437 g/mol. The van der Waals surface area contributed by atoms with Crippen LogP contribution in [0.15, 0.2) is 36.4 Å². The number of nitriles is 1. The van der Waals surface area contributed by atoms with Gasteiger partial charge in [0, 0.05) is 35.6 Å². The average Bonchev–Trinajstić information content (AvgIpc) is 3.12. The zero-order chi connectivity index (χ0) is 22.0. The lowest BCUT2D eigenvalue weighted by Crippen LogP contribution is -2.49. The number of halogens is 2. The number of rotatable bonds is 5. The van der Waals surface area contributed by atoms with Crippen molar-refractivity contribution in [1.82, 2.24) is 10.0 Å². The van der Waals surface area contributed by atoms with Crippen LogP contribution < -0.4 is 4.74 Å². The Balaban J connectivity index is 1.43. The molecule has 2 aromatic rings. The number of hydrogen-bond donors (Lipinski definition) is 1. The Kier molecular flexibility index (Phi) is 6.68. The number of amides is 1. The van der Waals surface area contributed by atoms with Crippen LogP contribution in [0.4, 0.5) is 0 Å². The second-order valence-electron chi connectivity index (χ2n) is 7.94. The molecule has 2 fully saturated rings. The number of aliphatic hydroxyl groups excluding tert-OH is 1. The summed E-state index contributed by atoms with van der Waals surface area (Å²) in [4.78, 5) is 13.0. The topological polar surface area (TPSA) is 76.8 Å². The third kappa shape index (κ3) is 4.97. The van der Waals surface area contributed by atoms with Gasteiger partial charge in [-0.25, -0.2) is 5.01 Å². The summed E-state index contributed by atoms with van der Waals surface area (Å²) in [7, 11) is 0. The predicted octanol–water partition coefficient (Wildman–Crippen LogP) is 4.42. The van der Waals surface area contributed by atoms with Crippen molar-refractivity contribution < 1.29 is 14.6 Å². The average molecular weight is 460 g/mol. The number of nitrogens with zero attached hydrogens (tertiary/aromatic N) is 3. The van der Waals surface area contributed by atoms with E-state index in [0.717, 1.165) is 12.0 Å². The van der Waals surface area contributed by atoms with E-state index in [1.807, 2.05) is 10.0 Å². The number of benzene rings is 2. The zero-order valence-electron chi connectivity index (χ0n) is 16.9. The Hall–Kier alpha value is -2.30. The molecule has 0 spiro atoms. The van der Waals surface area contributed by atoms with E-state index in [0.29, 0.717) is 66.0 Å². The van der Waals surface area contributed by atoms with Gasteiger partial charge >= 0.3 is 0 Å². The Labute approximate surface area is 191 Å². The van der Waals surface area contributed by atoms with Crippen molar-refractivity contribution >= 4 is 29.1 Å². The van der Waals surface area contributed by atoms with Gasteiger partial charge in [-0.1, -0.05) is 23.2 Å². The van der Waals surface area contributed by atoms with Gasteiger partial charge in [0.25, 0.3) is 0 Å². The van der Waals surface area contributed by atoms with Crippen LogP contribution in [0.1, 0.15) is 30.4 Å². The lowest BCUT2D eigenvalue weighted by Gasteiger charge is -2.36. The summed E-state index contributed by atoms with van der Waals surface area (Å²) in [5.74, 6) is 0.982. The molecule has 1 atom stereocenters. The third-order valence-electron chi connectivity index (χ3n) is 5.86. The van der Waals surface area contributed by atoms with Gasteiger partial charge in [-0.3, -0.25) is 9.80 Å². The molecule has 0 unspecified atom stereocenters. The summed E-state index contributed by atoms with van der Waals surface area (Å²) >= 11 is 13.0. The van der Waals surface area contributed by atoms with Crippen molar-refractivity contribution in [3.63, 3.8) is 0 Å². The van der Waals surface area contributed by atoms with Gasteiger partial charge in [0.1, 0.15) is 11.5 Å².